The van der Waals surface area contributed by atoms with Crippen LogP contribution in [0.2, 0.25) is 5.02 Å². The number of halogens is 2. The third-order valence-electron chi connectivity index (χ3n) is 5.26. The van der Waals surface area contributed by atoms with Gasteiger partial charge in [0.2, 0.25) is 0 Å². The molecule has 0 amide bonds. The van der Waals surface area contributed by atoms with Crippen molar-refractivity contribution in [3.63, 3.8) is 0 Å². The Labute approximate surface area is 196 Å². The predicted octanol–water partition coefficient (Wildman–Crippen LogP) is 5.33. The molecule has 2 N–H and O–H groups in total. The molecule has 0 atom stereocenters. The van der Waals surface area contributed by atoms with Crippen LogP contribution in [0.15, 0.2) is 55.0 Å². The van der Waals surface area contributed by atoms with E-state index < -0.39 is 0 Å². The first-order chi connectivity index (χ1) is 15.5. The average Bonchev–Trinajstić information content (AvgIpc) is 2.79. The van der Waals surface area contributed by atoms with E-state index in [0.717, 1.165) is 31.6 Å². The summed E-state index contributed by atoms with van der Waals surface area (Å²) in [7, 11) is 0. The first-order valence-electron chi connectivity index (χ1n) is 10.3. The van der Waals surface area contributed by atoms with Gasteiger partial charge in [0.15, 0.2) is 16.7 Å². The first kappa shape index (κ1) is 22.2. The maximum absolute atomic E-state index is 13.8. The molecule has 2 aromatic heterocycles. The molecule has 9 heteroatoms. The average molecular weight is 472 g/mol. The van der Waals surface area contributed by atoms with E-state index in [4.69, 9.17) is 28.6 Å². The Hall–Kier alpha value is -2.97. The van der Waals surface area contributed by atoms with Crippen LogP contribution in [-0.2, 0) is 0 Å². The highest BCUT2D eigenvalue weighted by atomic mass is 35.5. The van der Waals surface area contributed by atoms with Crippen LogP contribution in [0.4, 0.5) is 15.9 Å². The molecular formula is C23H23ClFN5OS. The van der Waals surface area contributed by atoms with Crippen molar-refractivity contribution in [3.05, 3.63) is 71.4 Å². The second kappa shape index (κ2) is 10.1. The summed E-state index contributed by atoms with van der Waals surface area (Å²) in [6.45, 7) is 3.24. The molecule has 0 saturated carbocycles. The Bertz CT molecular complexity index is 1090. The van der Waals surface area contributed by atoms with Crippen LogP contribution < -0.4 is 20.3 Å². The van der Waals surface area contributed by atoms with Crippen molar-refractivity contribution in [1.29, 1.82) is 0 Å². The summed E-state index contributed by atoms with van der Waals surface area (Å²) in [6, 6.07) is 10.4. The first-order valence-corrected chi connectivity index (χ1v) is 11.1. The van der Waals surface area contributed by atoms with Gasteiger partial charge in [-0.15, -0.1) is 0 Å². The molecular weight excluding hydrogens is 449 g/mol. The lowest BCUT2D eigenvalue weighted by Crippen LogP contribution is -2.46. The Morgan fingerprint density at radius 1 is 1.22 bits per heavy atom. The number of aromatic nitrogens is 2. The van der Waals surface area contributed by atoms with Crippen molar-refractivity contribution in [1.82, 2.24) is 15.3 Å². The molecule has 4 rings (SSSR count). The molecule has 3 heterocycles. The molecule has 0 unspecified atom stereocenters. The number of rotatable bonds is 5. The van der Waals surface area contributed by atoms with Crippen LogP contribution in [0, 0.1) is 12.7 Å². The lowest BCUT2D eigenvalue weighted by atomic mass is 10.1. The van der Waals surface area contributed by atoms with Crippen LogP contribution in [0.1, 0.15) is 18.4 Å². The molecule has 0 bridgehead atoms. The normalized spacial score (nSPS) is 14.2. The topological polar surface area (TPSA) is 62.3 Å². The van der Waals surface area contributed by atoms with Crippen molar-refractivity contribution in [2.75, 3.05) is 23.3 Å². The van der Waals surface area contributed by atoms with Gasteiger partial charge in [-0.25, -0.2) is 9.37 Å². The summed E-state index contributed by atoms with van der Waals surface area (Å²) in [5, 5.41) is 7.49. The van der Waals surface area contributed by atoms with E-state index >= 15 is 0 Å². The number of ether oxygens (including phenoxy) is 1. The van der Waals surface area contributed by atoms with Crippen LogP contribution in [0.5, 0.6) is 11.5 Å². The zero-order valence-electron chi connectivity index (χ0n) is 17.5. The van der Waals surface area contributed by atoms with Crippen molar-refractivity contribution >= 4 is 40.4 Å². The second-order valence-electron chi connectivity index (χ2n) is 7.56. The molecule has 1 aliphatic rings. The zero-order chi connectivity index (χ0) is 22.5. The molecule has 1 aliphatic heterocycles. The minimum atomic E-state index is -0.321. The second-order valence-corrected chi connectivity index (χ2v) is 8.35. The summed E-state index contributed by atoms with van der Waals surface area (Å²) in [5.74, 6) is 1.18. The molecule has 0 radical (unpaired) electrons. The zero-order valence-corrected chi connectivity index (χ0v) is 19.1. The van der Waals surface area contributed by atoms with Gasteiger partial charge < -0.3 is 20.3 Å². The highest BCUT2D eigenvalue weighted by Gasteiger charge is 2.23. The number of pyridine rings is 2. The van der Waals surface area contributed by atoms with Crippen molar-refractivity contribution in [2.45, 2.75) is 25.8 Å². The fraction of sp³-hybridized carbons (Fsp3) is 0.261. The molecule has 1 fully saturated rings. The largest absolute Gasteiger partial charge is 0.455 e. The summed E-state index contributed by atoms with van der Waals surface area (Å²) in [6.07, 6.45) is 6.85. The lowest BCUT2D eigenvalue weighted by Gasteiger charge is -2.34. The van der Waals surface area contributed by atoms with Crippen molar-refractivity contribution in [3.8, 4) is 11.5 Å². The molecule has 1 saturated heterocycles. The third-order valence-corrected chi connectivity index (χ3v) is 5.83. The van der Waals surface area contributed by atoms with Crippen molar-refractivity contribution < 1.29 is 9.13 Å². The Balaban J connectivity index is 1.35. The van der Waals surface area contributed by atoms with E-state index in [0.29, 0.717) is 33.0 Å². The minimum Gasteiger partial charge on any atom is -0.455 e. The molecule has 166 valence electrons. The van der Waals surface area contributed by atoms with Gasteiger partial charge in [0, 0.05) is 43.7 Å². The number of nitrogens with zero attached hydrogens (tertiary/aromatic N) is 3. The number of hydrogen-bond donors (Lipinski definition) is 2. The molecule has 0 spiro atoms. The van der Waals surface area contributed by atoms with Crippen LogP contribution in [-0.4, -0.2) is 34.2 Å². The quantitative estimate of drug-likeness (QED) is 0.488. The minimum absolute atomic E-state index is 0.247. The van der Waals surface area contributed by atoms with Gasteiger partial charge in [-0.2, -0.15) is 0 Å². The monoisotopic (exact) mass is 471 g/mol. The Kier molecular flexibility index (Phi) is 7.02. The van der Waals surface area contributed by atoms with Gasteiger partial charge in [-0.3, -0.25) is 4.98 Å². The van der Waals surface area contributed by atoms with Gasteiger partial charge in [0.05, 0.1) is 11.9 Å². The molecule has 32 heavy (non-hydrogen) atoms. The van der Waals surface area contributed by atoms with E-state index in [2.05, 4.69) is 25.5 Å². The molecule has 6 nitrogen and oxygen atoms in total. The van der Waals surface area contributed by atoms with Gasteiger partial charge in [0.1, 0.15) is 16.6 Å². The van der Waals surface area contributed by atoms with Crippen LogP contribution in [0.3, 0.4) is 0 Å². The lowest BCUT2D eigenvalue weighted by molar-refractivity contribution is 0.461. The van der Waals surface area contributed by atoms with E-state index in [9.17, 15) is 4.39 Å². The maximum Gasteiger partial charge on any atom is 0.171 e. The number of nitrogens with one attached hydrogen (secondary N) is 2. The van der Waals surface area contributed by atoms with E-state index in [-0.39, 0.29) is 11.9 Å². The number of anilines is 2. The number of piperidine rings is 1. The van der Waals surface area contributed by atoms with Gasteiger partial charge in [-0.1, -0.05) is 17.7 Å². The van der Waals surface area contributed by atoms with Crippen molar-refractivity contribution in [2.24, 2.45) is 0 Å². The summed E-state index contributed by atoms with van der Waals surface area (Å²) in [5.41, 5.74) is 1.41. The summed E-state index contributed by atoms with van der Waals surface area (Å²) < 4.78 is 19.7. The van der Waals surface area contributed by atoms with Gasteiger partial charge in [0.25, 0.3) is 0 Å². The third kappa shape index (κ3) is 5.44. The smallest absolute Gasteiger partial charge is 0.171 e. The number of hydrogen-bond acceptors (Lipinski definition) is 5. The van der Waals surface area contributed by atoms with Gasteiger partial charge >= 0.3 is 0 Å². The Morgan fingerprint density at radius 2 is 2.03 bits per heavy atom. The fourth-order valence-corrected chi connectivity index (χ4v) is 4.06. The summed E-state index contributed by atoms with van der Waals surface area (Å²) >= 11 is 12.0. The fourth-order valence-electron chi connectivity index (χ4n) is 3.50. The maximum atomic E-state index is 13.8. The highest BCUT2D eigenvalue weighted by molar-refractivity contribution is 7.80. The van der Waals surface area contributed by atoms with Crippen LogP contribution in [0.25, 0.3) is 0 Å². The predicted molar refractivity (Wildman–Crippen MR) is 129 cm³/mol. The standard InChI is InChI=1S/C23H23ClFN5OS/c1-15-4-5-18(13-19(15)25)31-20-6-10-27-22(21(20)24)30-11-7-16(8-12-30)28-23(32)29-17-3-2-9-26-14-17/h2-6,9-10,13-14,16H,7-8,11-12H2,1H3,(H2,28,29,32). The molecule has 0 aliphatic carbocycles. The van der Waals surface area contributed by atoms with E-state index in [1.54, 1.807) is 43.7 Å². The summed E-state index contributed by atoms with van der Waals surface area (Å²) in [4.78, 5) is 10.7. The highest BCUT2D eigenvalue weighted by Crippen LogP contribution is 2.36. The van der Waals surface area contributed by atoms with E-state index in [1.807, 2.05) is 12.1 Å². The van der Waals surface area contributed by atoms with Gasteiger partial charge in [-0.05, 0) is 55.7 Å². The molecule has 1 aromatic carbocycles. The van der Waals surface area contributed by atoms with Crippen LogP contribution >= 0.6 is 23.8 Å². The van der Waals surface area contributed by atoms with E-state index in [1.165, 1.54) is 6.07 Å². The number of thiocarbonyl (C=S) groups is 1. The number of aryl methyl sites for hydroxylation is 1. The number of benzene rings is 1. The Morgan fingerprint density at radius 3 is 2.75 bits per heavy atom. The SMILES string of the molecule is Cc1ccc(Oc2ccnc(N3CCC(NC(=S)Nc4cccnc4)CC3)c2Cl)cc1F. The molecule has 3 aromatic rings.